The minimum atomic E-state index is 0.435. The summed E-state index contributed by atoms with van der Waals surface area (Å²) in [4.78, 5) is 0. The molecule has 0 radical (unpaired) electrons. The molecule has 1 aliphatic carbocycles. The molecule has 1 aromatic heterocycles. The first-order valence-corrected chi connectivity index (χ1v) is 7.74. The third-order valence-electron chi connectivity index (χ3n) is 4.84. The molecule has 1 unspecified atom stereocenters. The lowest BCUT2D eigenvalue weighted by Gasteiger charge is -2.36. The van der Waals surface area contributed by atoms with Crippen molar-refractivity contribution in [2.75, 3.05) is 11.9 Å². The monoisotopic (exact) mass is 263 g/mol. The first-order valence-electron chi connectivity index (χ1n) is 7.74. The Labute approximate surface area is 117 Å². The third-order valence-corrected chi connectivity index (χ3v) is 4.84. The molecule has 1 aliphatic rings. The van der Waals surface area contributed by atoms with Gasteiger partial charge in [0.15, 0.2) is 5.82 Å². The van der Waals surface area contributed by atoms with Crippen LogP contribution in [0.4, 0.5) is 5.82 Å². The van der Waals surface area contributed by atoms with Crippen molar-refractivity contribution in [2.24, 2.45) is 17.3 Å². The Hall–Kier alpha value is -0.990. The molecule has 0 aliphatic heterocycles. The van der Waals surface area contributed by atoms with Gasteiger partial charge in [-0.1, -0.05) is 41.0 Å². The summed E-state index contributed by atoms with van der Waals surface area (Å²) in [5, 5.41) is 11.2. The van der Waals surface area contributed by atoms with Gasteiger partial charge in [-0.3, -0.25) is 5.10 Å². The maximum atomic E-state index is 4.48. The Morgan fingerprint density at radius 3 is 2.79 bits per heavy atom. The fraction of sp³-hybridized carbons (Fsp3) is 0.812. The van der Waals surface area contributed by atoms with Crippen molar-refractivity contribution in [1.29, 1.82) is 0 Å². The zero-order chi connectivity index (χ0) is 14.0. The maximum absolute atomic E-state index is 4.48. The normalized spacial score (nSPS) is 19.6. The minimum Gasteiger partial charge on any atom is -0.368 e. The van der Waals surface area contributed by atoms with Crippen LogP contribution in [-0.4, -0.2) is 16.7 Å². The molecule has 1 heterocycles. The average molecular weight is 263 g/mol. The molecule has 1 aromatic rings. The van der Waals surface area contributed by atoms with Crippen LogP contribution in [0.25, 0.3) is 0 Å². The molecule has 2 N–H and O–H groups in total. The molecule has 0 saturated heterocycles. The summed E-state index contributed by atoms with van der Waals surface area (Å²) in [5.41, 5.74) is 3.23. The highest BCUT2D eigenvalue weighted by atomic mass is 15.2. The van der Waals surface area contributed by atoms with E-state index in [0.717, 1.165) is 24.7 Å². The summed E-state index contributed by atoms with van der Waals surface area (Å²) >= 11 is 0. The third kappa shape index (κ3) is 3.13. The Kier molecular flexibility index (Phi) is 4.22. The summed E-state index contributed by atoms with van der Waals surface area (Å²) < 4.78 is 0. The number of anilines is 1. The molecule has 1 atom stereocenters. The molecule has 0 bridgehead atoms. The lowest BCUT2D eigenvalue weighted by Crippen LogP contribution is -2.29. The molecule has 0 spiro atoms. The molecule has 3 heteroatoms. The van der Waals surface area contributed by atoms with Gasteiger partial charge in [-0.15, -0.1) is 0 Å². The fourth-order valence-electron chi connectivity index (χ4n) is 2.90. The minimum absolute atomic E-state index is 0.435. The summed E-state index contributed by atoms with van der Waals surface area (Å²) in [6.07, 6.45) is 4.87. The van der Waals surface area contributed by atoms with Crippen LogP contribution in [0.15, 0.2) is 0 Å². The summed E-state index contributed by atoms with van der Waals surface area (Å²) in [6.45, 7) is 12.6. The van der Waals surface area contributed by atoms with Crippen molar-refractivity contribution in [3.05, 3.63) is 11.3 Å². The lowest BCUT2D eigenvalue weighted by molar-refractivity contribution is 0.183. The van der Waals surface area contributed by atoms with E-state index in [1.54, 1.807) is 0 Å². The highest BCUT2D eigenvalue weighted by Crippen LogP contribution is 2.40. The number of aromatic amines is 1. The van der Waals surface area contributed by atoms with Crippen molar-refractivity contribution in [3.8, 4) is 0 Å². The van der Waals surface area contributed by atoms with Gasteiger partial charge >= 0.3 is 0 Å². The van der Waals surface area contributed by atoms with Gasteiger partial charge < -0.3 is 5.32 Å². The number of aromatic nitrogens is 2. The number of nitrogens with one attached hydrogen (secondary N) is 2. The van der Waals surface area contributed by atoms with Gasteiger partial charge in [-0.25, -0.2) is 0 Å². The quantitative estimate of drug-likeness (QED) is 0.842. The van der Waals surface area contributed by atoms with Gasteiger partial charge in [0.25, 0.3) is 0 Å². The molecule has 0 amide bonds. The predicted molar refractivity (Wildman–Crippen MR) is 81.5 cm³/mol. The van der Waals surface area contributed by atoms with E-state index < -0.39 is 0 Å². The Balaban J connectivity index is 2.12. The topological polar surface area (TPSA) is 40.7 Å². The highest BCUT2D eigenvalue weighted by molar-refractivity contribution is 5.48. The van der Waals surface area contributed by atoms with Crippen LogP contribution in [-0.2, 0) is 12.8 Å². The Morgan fingerprint density at radius 2 is 2.16 bits per heavy atom. The molecule has 2 rings (SSSR count). The molecule has 19 heavy (non-hydrogen) atoms. The van der Waals surface area contributed by atoms with Crippen LogP contribution in [0, 0.1) is 17.3 Å². The van der Waals surface area contributed by atoms with Crippen LogP contribution >= 0.6 is 0 Å². The standard InChI is InChI=1S/C16H29N3/c1-6-16(4,5)12-7-8-14-13(9-12)15(19-18-14)17-10-11(2)3/h11-12H,6-10H2,1-5H3,(H2,17,18,19). The molecule has 0 aromatic carbocycles. The van der Waals surface area contributed by atoms with Crippen molar-refractivity contribution in [3.63, 3.8) is 0 Å². The SMILES string of the molecule is CCC(C)(C)C1CCc2[nH]nc(NCC(C)C)c2C1. The lowest BCUT2D eigenvalue weighted by atomic mass is 9.69. The van der Waals surface area contributed by atoms with Gasteiger partial charge in [0.2, 0.25) is 0 Å². The van der Waals surface area contributed by atoms with Crippen LogP contribution in [0.5, 0.6) is 0 Å². The average Bonchev–Trinajstić information content (AvgIpc) is 2.78. The summed E-state index contributed by atoms with van der Waals surface area (Å²) in [5.74, 6) is 2.53. The molecule has 0 saturated carbocycles. The number of hydrogen-bond donors (Lipinski definition) is 2. The van der Waals surface area contributed by atoms with Crippen LogP contribution in [0.3, 0.4) is 0 Å². The van der Waals surface area contributed by atoms with E-state index in [-0.39, 0.29) is 0 Å². The van der Waals surface area contributed by atoms with E-state index in [0.29, 0.717) is 11.3 Å². The molecular formula is C16H29N3. The van der Waals surface area contributed by atoms with Crippen molar-refractivity contribution >= 4 is 5.82 Å². The van der Waals surface area contributed by atoms with E-state index in [1.165, 1.54) is 30.5 Å². The number of rotatable bonds is 5. The second-order valence-corrected chi connectivity index (χ2v) is 7.09. The van der Waals surface area contributed by atoms with E-state index in [1.807, 2.05) is 0 Å². The first-order chi connectivity index (χ1) is 8.94. The van der Waals surface area contributed by atoms with E-state index in [4.69, 9.17) is 0 Å². The number of fused-ring (bicyclic) bond motifs is 1. The van der Waals surface area contributed by atoms with Crippen LogP contribution in [0.2, 0.25) is 0 Å². The number of aryl methyl sites for hydroxylation is 1. The number of hydrogen-bond acceptors (Lipinski definition) is 2. The largest absolute Gasteiger partial charge is 0.368 e. The second-order valence-electron chi connectivity index (χ2n) is 7.09. The number of nitrogens with zero attached hydrogens (tertiary/aromatic N) is 1. The van der Waals surface area contributed by atoms with Crippen molar-refractivity contribution in [1.82, 2.24) is 10.2 Å². The van der Waals surface area contributed by atoms with Crippen molar-refractivity contribution in [2.45, 2.75) is 60.3 Å². The van der Waals surface area contributed by atoms with E-state index in [2.05, 4.69) is 50.1 Å². The fourth-order valence-corrected chi connectivity index (χ4v) is 2.90. The van der Waals surface area contributed by atoms with E-state index >= 15 is 0 Å². The van der Waals surface area contributed by atoms with Crippen LogP contribution in [0.1, 0.15) is 58.7 Å². The summed E-state index contributed by atoms with van der Waals surface area (Å²) in [7, 11) is 0. The maximum Gasteiger partial charge on any atom is 0.151 e. The molecule has 0 fully saturated rings. The zero-order valence-electron chi connectivity index (χ0n) is 13.1. The second kappa shape index (κ2) is 5.56. The highest BCUT2D eigenvalue weighted by Gasteiger charge is 2.33. The van der Waals surface area contributed by atoms with E-state index in [9.17, 15) is 0 Å². The predicted octanol–water partition coefficient (Wildman–Crippen LogP) is 4.02. The molecular weight excluding hydrogens is 234 g/mol. The van der Waals surface area contributed by atoms with Gasteiger partial charge in [-0.05, 0) is 36.5 Å². The molecule has 3 nitrogen and oxygen atoms in total. The molecule has 108 valence electrons. The first kappa shape index (κ1) is 14.4. The smallest absolute Gasteiger partial charge is 0.151 e. The zero-order valence-corrected chi connectivity index (χ0v) is 13.1. The van der Waals surface area contributed by atoms with Gasteiger partial charge in [-0.2, -0.15) is 5.10 Å². The van der Waals surface area contributed by atoms with Gasteiger partial charge in [0, 0.05) is 17.8 Å². The van der Waals surface area contributed by atoms with Crippen molar-refractivity contribution < 1.29 is 0 Å². The van der Waals surface area contributed by atoms with Crippen LogP contribution < -0.4 is 5.32 Å². The summed E-state index contributed by atoms with van der Waals surface area (Å²) in [6, 6.07) is 0. The Morgan fingerprint density at radius 1 is 1.42 bits per heavy atom. The Bertz CT molecular complexity index is 418. The number of H-pyrrole nitrogens is 1. The van der Waals surface area contributed by atoms with Gasteiger partial charge in [0.1, 0.15) is 0 Å². The van der Waals surface area contributed by atoms with Gasteiger partial charge in [0.05, 0.1) is 0 Å².